The summed E-state index contributed by atoms with van der Waals surface area (Å²) < 4.78 is 1.41. The van der Waals surface area contributed by atoms with Crippen LogP contribution in [0.25, 0.3) is 0 Å². The van der Waals surface area contributed by atoms with Gasteiger partial charge < -0.3 is 11.1 Å². The highest BCUT2D eigenvalue weighted by atomic mass is 35.5. The van der Waals surface area contributed by atoms with Gasteiger partial charge in [0.15, 0.2) is 0 Å². The SMILES string of the molecule is CC(N)CCNC(=O)CCCc1cc(Cl)sc1Cl. The molecule has 0 saturated carbocycles. The number of thiophene rings is 1. The largest absolute Gasteiger partial charge is 0.356 e. The Hall–Kier alpha value is -0.290. The van der Waals surface area contributed by atoms with E-state index in [1.54, 1.807) is 0 Å². The third kappa shape index (κ3) is 6.05. The Morgan fingerprint density at radius 1 is 1.56 bits per heavy atom. The lowest BCUT2D eigenvalue weighted by Gasteiger charge is -2.07. The van der Waals surface area contributed by atoms with Gasteiger partial charge in [-0.05, 0) is 37.8 Å². The van der Waals surface area contributed by atoms with Crippen LogP contribution < -0.4 is 11.1 Å². The van der Waals surface area contributed by atoms with Gasteiger partial charge in [0.2, 0.25) is 5.91 Å². The molecular formula is C12H18Cl2N2OS. The Kier molecular flexibility index (Phi) is 7.00. The van der Waals surface area contributed by atoms with Gasteiger partial charge in [0.1, 0.15) is 0 Å². The van der Waals surface area contributed by atoms with Crippen molar-refractivity contribution in [2.75, 3.05) is 6.54 Å². The smallest absolute Gasteiger partial charge is 0.220 e. The predicted octanol–water partition coefficient (Wildman–Crippen LogP) is 3.23. The first-order valence-corrected chi connectivity index (χ1v) is 7.52. The second-order valence-electron chi connectivity index (χ2n) is 4.32. The van der Waals surface area contributed by atoms with Crippen molar-refractivity contribution < 1.29 is 4.79 Å². The molecule has 0 spiro atoms. The predicted molar refractivity (Wildman–Crippen MR) is 78.6 cm³/mol. The minimum Gasteiger partial charge on any atom is -0.356 e. The van der Waals surface area contributed by atoms with Gasteiger partial charge in [0.25, 0.3) is 0 Å². The molecule has 0 radical (unpaired) electrons. The number of rotatable bonds is 7. The van der Waals surface area contributed by atoms with Gasteiger partial charge in [-0.2, -0.15) is 0 Å². The normalized spacial score (nSPS) is 12.4. The van der Waals surface area contributed by atoms with Crippen LogP contribution in [0.4, 0.5) is 0 Å². The topological polar surface area (TPSA) is 55.1 Å². The minimum absolute atomic E-state index is 0.0631. The number of carbonyl (C=O) groups is 1. The molecule has 1 atom stereocenters. The van der Waals surface area contributed by atoms with Crippen LogP contribution >= 0.6 is 34.5 Å². The first-order valence-electron chi connectivity index (χ1n) is 5.95. The summed E-state index contributed by atoms with van der Waals surface area (Å²) in [4.78, 5) is 11.5. The van der Waals surface area contributed by atoms with E-state index >= 15 is 0 Å². The summed E-state index contributed by atoms with van der Waals surface area (Å²) in [5.41, 5.74) is 6.62. The van der Waals surface area contributed by atoms with Crippen molar-refractivity contribution >= 4 is 40.4 Å². The van der Waals surface area contributed by atoms with Crippen LogP contribution in [0.15, 0.2) is 6.07 Å². The molecule has 1 aromatic rings. The van der Waals surface area contributed by atoms with E-state index in [-0.39, 0.29) is 11.9 Å². The van der Waals surface area contributed by atoms with Crippen molar-refractivity contribution in [3.05, 3.63) is 20.3 Å². The van der Waals surface area contributed by atoms with Crippen LogP contribution in [0.1, 0.15) is 31.7 Å². The second kappa shape index (κ2) is 8.00. The molecule has 1 unspecified atom stereocenters. The van der Waals surface area contributed by atoms with Crippen molar-refractivity contribution in [3.63, 3.8) is 0 Å². The molecule has 0 aromatic carbocycles. The van der Waals surface area contributed by atoms with Crippen molar-refractivity contribution in [3.8, 4) is 0 Å². The van der Waals surface area contributed by atoms with Gasteiger partial charge in [-0.3, -0.25) is 4.79 Å². The van der Waals surface area contributed by atoms with Crippen LogP contribution in [0.5, 0.6) is 0 Å². The molecule has 1 aromatic heterocycles. The van der Waals surface area contributed by atoms with E-state index in [0.29, 0.717) is 17.3 Å². The Morgan fingerprint density at radius 2 is 2.28 bits per heavy atom. The van der Waals surface area contributed by atoms with Crippen LogP contribution in [0.3, 0.4) is 0 Å². The van der Waals surface area contributed by atoms with E-state index in [4.69, 9.17) is 28.9 Å². The molecule has 3 N–H and O–H groups in total. The maximum absolute atomic E-state index is 11.5. The van der Waals surface area contributed by atoms with E-state index in [9.17, 15) is 4.79 Å². The summed E-state index contributed by atoms with van der Waals surface area (Å²) in [6.07, 6.45) is 2.86. The maximum atomic E-state index is 11.5. The van der Waals surface area contributed by atoms with Crippen LogP contribution in [0.2, 0.25) is 8.67 Å². The number of amides is 1. The highest BCUT2D eigenvalue weighted by Gasteiger charge is 2.07. The van der Waals surface area contributed by atoms with Crippen molar-refractivity contribution in [2.45, 2.75) is 38.6 Å². The van der Waals surface area contributed by atoms with E-state index in [1.165, 1.54) is 11.3 Å². The summed E-state index contributed by atoms with van der Waals surface area (Å²) in [6, 6.07) is 1.99. The van der Waals surface area contributed by atoms with E-state index < -0.39 is 0 Å². The number of nitrogens with two attached hydrogens (primary N) is 1. The lowest BCUT2D eigenvalue weighted by atomic mass is 10.1. The molecule has 6 heteroatoms. The van der Waals surface area contributed by atoms with Crippen LogP contribution in [-0.4, -0.2) is 18.5 Å². The zero-order chi connectivity index (χ0) is 13.5. The molecule has 0 aliphatic heterocycles. The molecule has 0 aliphatic rings. The number of aryl methyl sites for hydroxylation is 1. The van der Waals surface area contributed by atoms with Gasteiger partial charge in [0, 0.05) is 19.0 Å². The molecule has 0 saturated heterocycles. The van der Waals surface area contributed by atoms with Crippen LogP contribution in [0, 0.1) is 0 Å². The van der Waals surface area contributed by atoms with Gasteiger partial charge in [-0.15, -0.1) is 11.3 Å². The van der Waals surface area contributed by atoms with Crippen molar-refractivity contribution in [2.24, 2.45) is 5.73 Å². The maximum Gasteiger partial charge on any atom is 0.220 e. The molecule has 102 valence electrons. The third-order valence-corrected chi connectivity index (χ3v) is 4.07. The van der Waals surface area contributed by atoms with Gasteiger partial charge in [-0.1, -0.05) is 23.2 Å². The van der Waals surface area contributed by atoms with E-state index in [1.807, 2.05) is 13.0 Å². The monoisotopic (exact) mass is 308 g/mol. The number of carbonyl (C=O) groups excluding carboxylic acids is 1. The molecule has 0 fully saturated rings. The van der Waals surface area contributed by atoms with Gasteiger partial charge in [0.05, 0.1) is 8.67 Å². The van der Waals surface area contributed by atoms with E-state index in [0.717, 1.165) is 29.2 Å². The molecule has 1 heterocycles. The van der Waals surface area contributed by atoms with E-state index in [2.05, 4.69) is 5.32 Å². The summed E-state index contributed by atoms with van der Waals surface area (Å²) in [5, 5.41) is 2.84. The fraction of sp³-hybridized carbons (Fsp3) is 0.583. The first kappa shape index (κ1) is 15.8. The standard InChI is InChI=1S/C12H18Cl2N2OS/c1-8(15)5-6-16-11(17)4-2-3-9-7-10(13)18-12(9)14/h7-8H,2-6,15H2,1H3,(H,16,17). The Balaban J connectivity index is 2.17. The highest BCUT2D eigenvalue weighted by Crippen LogP contribution is 2.31. The first-order chi connectivity index (χ1) is 8.49. The Morgan fingerprint density at radius 3 is 2.83 bits per heavy atom. The third-order valence-electron chi connectivity index (χ3n) is 2.50. The number of halogens is 2. The molecule has 1 amide bonds. The lowest BCUT2D eigenvalue weighted by molar-refractivity contribution is -0.121. The fourth-order valence-corrected chi connectivity index (χ4v) is 3.06. The molecule has 0 bridgehead atoms. The summed E-state index contributed by atoms with van der Waals surface area (Å²) in [7, 11) is 0. The number of nitrogens with one attached hydrogen (secondary N) is 1. The Labute approximate surface area is 122 Å². The molecule has 3 nitrogen and oxygen atoms in total. The number of hydrogen-bond donors (Lipinski definition) is 2. The van der Waals surface area contributed by atoms with Crippen LogP contribution in [-0.2, 0) is 11.2 Å². The highest BCUT2D eigenvalue weighted by molar-refractivity contribution is 7.20. The lowest BCUT2D eigenvalue weighted by Crippen LogP contribution is -2.28. The average Bonchev–Trinajstić information content (AvgIpc) is 2.57. The quantitative estimate of drug-likeness (QED) is 0.812. The zero-order valence-corrected chi connectivity index (χ0v) is 12.7. The van der Waals surface area contributed by atoms with Gasteiger partial charge in [-0.25, -0.2) is 0 Å². The summed E-state index contributed by atoms with van der Waals surface area (Å²) in [6.45, 7) is 2.57. The summed E-state index contributed by atoms with van der Waals surface area (Å²) in [5.74, 6) is 0.0631. The zero-order valence-electron chi connectivity index (χ0n) is 10.3. The van der Waals surface area contributed by atoms with Crippen molar-refractivity contribution in [1.29, 1.82) is 0 Å². The number of hydrogen-bond acceptors (Lipinski definition) is 3. The summed E-state index contributed by atoms with van der Waals surface area (Å²) >= 11 is 13.2. The fourth-order valence-electron chi connectivity index (χ4n) is 1.51. The average molecular weight is 309 g/mol. The van der Waals surface area contributed by atoms with Crippen molar-refractivity contribution in [1.82, 2.24) is 5.32 Å². The molecule has 18 heavy (non-hydrogen) atoms. The second-order valence-corrected chi connectivity index (χ2v) is 6.60. The molecule has 0 aliphatic carbocycles. The minimum atomic E-state index is 0.0631. The Bertz CT molecular complexity index is 393. The van der Waals surface area contributed by atoms with Gasteiger partial charge >= 0.3 is 0 Å². The molecule has 1 rings (SSSR count). The molecular weight excluding hydrogens is 291 g/mol.